The number of hydrogen-bond donors (Lipinski definition) is 1. The molecule has 0 unspecified atom stereocenters. The topological polar surface area (TPSA) is 80.5 Å². The molecule has 0 spiro atoms. The molecule has 0 aromatic carbocycles. The fourth-order valence-electron chi connectivity index (χ4n) is 2.43. The predicted octanol–water partition coefficient (Wildman–Crippen LogP) is 2.25. The molecule has 1 aliphatic rings. The fourth-order valence-corrected chi connectivity index (χ4v) is 2.43. The Hall–Kier alpha value is -2.63. The number of aryl methyl sites for hydroxylation is 2. The van der Waals surface area contributed by atoms with Gasteiger partial charge in [0.15, 0.2) is 0 Å². The van der Waals surface area contributed by atoms with Gasteiger partial charge in [0.1, 0.15) is 17.8 Å². The Morgan fingerprint density at radius 3 is 2.82 bits per heavy atom. The van der Waals surface area contributed by atoms with Crippen molar-refractivity contribution in [3.05, 3.63) is 53.1 Å². The summed E-state index contributed by atoms with van der Waals surface area (Å²) in [6.45, 7) is 7.20. The molecule has 2 aromatic heterocycles. The van der Waals surface area contributed by atoms with Crippen LogP contribution in [-0.4, -0.2) is 27.2 Å². The summed E-state index contributed by atoms with van der Waals surface area (Å²) < 4.78 is 5.47. The van der Waals surface area contributed by atoms with E-state index in [9.17, 15) is 0 Å². The molecule has 1 aliphatic heterocycles. The Labute approximate surface area is 129 Å². The molecule has 0 radical (unpaired) electrons. The smallest absolute Gasteiger partial charge is 0.247 e. The third-order valence-electron chi connectivity index (χ3n) is 3.71. The van der Waals surface area contributed by atoms with Gasteiger partial charge in [0, 0.05) is 11.9 Å². The zero-order chi connectivity index (χ0) is 15.7. The van der Waals surface area contributed by atoms with Crippen molar-refractivity contribution in [3.63, 3.8) is 0 Å². The first-order valence-electron chi connectivity index (χ1n) is 7.16. The van der Waals surface area contributed by atoms with Crippen molar-refractivity contribution in [3.8, 4) is 0 Å². The van der Waals surface area contributed by atoms with Gasteiger partial charge in [-0.3, -0.25) is 4.98 Å². The number of oxazole rings is 1. The van der Waals surface area contributed by atoms with Crippen molar-refractivity contribution in [2.24, 2.45) is 10.7 Å². The molecule has 0 saturated carbocycles. The number of aliphatic imine (C=N–C) groups is 1. The zero-order valence-electron chi connectivity index (χ0n) is 13.0. The summed E-state index contributed by atoms with van der Waals surface area (Å²) in [5, 5.41) is 0. The number of aromatic nitrogens is 2. The van der Waals surface area contributed by atoms with E-state index < -0.39 is 0 Å². The van der Waals surface area contributed by atoms with Crippen molar-refractivity contribution in [2.45, 2.75) is 27.3 Å². The molecule has 2 aromatic rings. The lowest BCUT2D eigenvalue weighted by Gasteiger charge is -2.29. The minimum Gasteiger partial charge on any atom is -0.443 e. The van der Waals surface area contributed by atoms with Gasteiger partial charge >= 0.3 is 0 Å². The van der Waals surface area contributed by atoms with Crippen LogP contribution in [0.3, 0.4) is 0 Å². The molecule has 3 rings (SSSR count). The first-order chi connectivity index (χ1) is 10.5. The highest BCUT2D eigenvalue weighted by molar-refractivity contribution is 5.90. The van der Waals surface area contributed by atoms with Gasteiger partial charge in [0.2, 0.25) is 5.89 Å². The van der Waals surface area contributed by atoms with E-state index in [2.05, 4.69) is 32.9 Å². The number of hydrogen-bond acceptors (Lipinski definition) is 6. The summed E-state index contributed by atoms with van der Waals surface area (Å²) >= 11 is 0. The average Bonchev–Trinajstić information content (AvgIpc) is 2.91. The standard InChI is InChI=1S/C16H19N5O/c1-10-5-4-6-18-13(10)7-21-8-14(17)20-15(12(21)3)16-19-11(2)9-22-16/h4-6,9H,7-8H2,1-3H3,(H2,17,20). The molecular formula is C16H19N5O. The second-order valence-corrected chi connectivity index (χ2v) is 5.45. The van der Waals surface area contributed by atoms with Crippen molar-refractivity contribution in [1.29, 1.82) is 0 Å². The number of rotatable bonds is 3. The summed E-state index contributed by atoms with van der Waals surface area (Å²) in [5.41, 5.74) is 10.7. The molecule has 3 heterocycles. The molecule has 2 N–H and O–H groups in total. The van der Waals surface area contributed by atoms with E-state index in [-0.39, 0.29) is 0 Å². The van der Waals surface area contributed by atoms with Crippen LogP contribution < -0.4 is 5.73 Å². The van der Waals surface area contributed by atoms with Crippen LogP contribution in [0.25, 0.3) is 5.70 Å². The molecule has 6 heteroatoms. The molecular weight excluding hydrogens is 278 g/mol. The lowest BCUT2D eigenvalue weighted by molar-refractivity contribution is 0.372. The van der Waals surface area contributed by atoms with E-state index in [1.165, 1.54) is 0 Å². The normalized spacial score (nSPS) is 15.2. The predicted molar refractivity (Wildman–Crippen MR) is 84.8 cm³/mol. The highest BCUT2D eigenvalue weighted by Crippen LogP contribution is 2.26. The second kappa shape index (κ2) is 5.63. The molecule has 114 valence electrons. The summed E-state index contributed by atoms with van der Waals surface area (Å²) in [5.74, 6) is 1.05. The van der Waals surface area contributed by atoms with Crippen LogP contribution in [0.5, 0.6) is 0 Å². The van der Waals surface area contributed by atoms with Crippen LogP contribution >= 0.6 is 0 Å². The zero-order valence-corrected chi connectivity index (χ0v) is 13.0. The minimum atomic E-state index is 0.500. The van der Waals surface area contributed by atoms with Crippen molar-refractivity contribution in [2.75, 3.05) is 6.54 Å². The maximum Gasteiger partial charge on any atom is 0.247 e. The van der Waals surface area contributed by atoms with Gasteiger partial charge in [-0.1, -0.05) is 6.07 Å². The van der Waals surface area contributed by atoms with Gasteiger partial charge < -0.3 is 15.1 Å². The maximum atomic E-state index is 6.00. The lowest BCUT2D eigenvalue weighted by Crippen LogP contribution is -2.36. The number of allylic oxidation sites excluding steroid dienone is 1. The monoisotopic (exact) mass is 297 g/mol. The Morgan fingerprint density at radius 1 is 1.32 bits per heavy atom. The van der Waals surface area contributed by atoms with Crippen LogP contribution in [0.15, 0.2) is 39.7 Å². The Balaban J connectivity index is 1.94. The first-order valence-corrected chi connectivity index (χ1v) is 7.16. The third kappa shape index (κ3) is 2.72. The van der Waals surface area contributed by atoms with Crippen molar-refractivity contribution in [1.82, 2.24) is 14.9 Å². The van der Waals surface area contributed by atoms with E-state index >= 15 is 0 Å². The van der Waals surface area contributed by atoms with Gasteiger partial charge in [-0.05, 0) is 32.4 Å². The molecule has 22 heavy (non-hydrogen) atoms. The average molecular weight is 297 g/mol. The second-order valence-electron chi connectivity index (χ2n) is 5.45. The summed E-state index contributed by atoms with van der Waals surface area (Å²) in [7, 11) is 0. The van der Waals surface area contributed by atoms with Gasteiger partial charge in [0.05, 0.1) is 24.5 Å². The third-order valence-corrected chi connectivity index (χ3v) is 3.71. The van der Waals surface area contributed by atoms with Crippen LogP contribution in [-0.2, 0) is 6.54 Å². The summed E-state index contributed by atoms with van der Waals surface area (Å²) in [6.07, 6.45) is 3.42. The van der Waals surface area contributed by atoms with E-state index in [0.717, 1.165) is 22.6 Å². The summed E-state index contributed by atoms with van der Waals surface area (Å²) in [4.78, 5) is 15.4. The van der Waals surface area contributed by atoms with Gasteiger partial charge in [-0.25, -0.2) is 9.98 Å². The molecule has 0 atom stereocenters. The number of pyridine rings is 1. The number of nitrogens with two attached hydrogens (primary N) is 1. The Bertz CT molecular complexity index is 759. The molecule has 0 bridgehead atoms. The molecule has 0 aliphatic carbocycles. The highest BCUT2D eigenvalue weighted by Gasteiger charge is 2.22. The quantitative estimate of drug-likeness (QED) is 0.939. The van der Waals surface area contributed by atoms with Gasteiger partial charge in [-0.2, -0.15) is 0 Å². The van der Waals surface area contributed by atoms with E-state index in [4.69, 9.17) is 10.2 Å². The van der Waals surface area contributed by atoms with Crippen LogP contribution in [0, 0.1) is 13.8 Å². The Kier molecular flexibility index (Phi) is 3.66. The summed E-state index contributed by atoms with van der Waals surface area (Å²) in [6, 6.07) is 4.00. The fraction of sp³-hybridized carbons (Fsp3) is 0.312. The molecule has 0 saturated heterocycles. The lowest BCUT2D eigenvalue weighted by atomic mass is 10.1. The maximum absolute atomic E-state index is 6.00. The minimum absolute atomic E-state index is 0.500. The number of amidine groups is 1. The largest absolute Gasteiger partial charge is 0.443 e. The van der Waals surface area contributed by atoms with E-state index in [1.807, 2.05) is 19.9 Å². The molecule has 0 amide bonds. The van der Waals surface area contributed by atoms with Gasteiger partial charge in [0.25, 0.3) is 0 Å². The van der Waals surface area contributed by atoms with E-state index in [1.54, 1.807) is 12.5 Å². The molecule has 6 nitrogen and oxygen atoms in total. The van der Waals surface area contributed by atoms with Crippen LogP contribution in [0.2, 0.25) is 0 Å². The first kappa shape index (κ1) is 14.3. The van der Waals surface area contributed by atoms with Crippen molar-refractivity contribution >= 4 is 11.5 Å². The molecule has 0 fully saturated rings. The Morgan fingerprint density at radius 2 is 2.14 bits per heavy atom. The van der Waals surface area contributed by atoms with Crippen molar-refractivity contribution < 1.29 is 4.42 Å². The van der Waals surface area contributed by atoms with Gasteiger partial charge in [-0.15, -0.1) is 0 Å². The SMILES string of the molecule is CC1=C(c2nc(C)co2)N=C(N)CN1Cc1ncccc1C. The number of nitrogens with zero attached hydrogens (tertiary/aromatic N) is 4. The van der Waals surface area contributed by atoms with Crippen LogP contribution in [0.4, 0.5) is 0 Å². The highest BCUT2D eigenvalue weighted by atomic mass is 16.3. The van der Waals surface area contributed by atoms with Crippen LogP contribution in [0.1, 0.15) is 29.8 Å². The van der Waals surface area contributed by atoms with E-state index in [0.29, 0.717) is 30.5 Å².